The number of anilines is 1. The lowest BCUT2D eigenvalue weighted by atomic mass is 10.2. The lowest BCUT2D eigenvalue weighted by Gasteiger charge is -2.18. The highest BCUT2D eigenvalue weighted by Gasteiger charge is 2.41. The number of ether oxygens (including phenoxy) is 1. The van der Waals surface area contributed by atoms with Gasteiger partial charge in [0.15, 0.2) is 0 Å². The molecule has 1 fully saturated rings. The molecule has 1 saturated heterocycles. The Hall–Kier alpha value is -2.28. The molecule has 1 heterocycles. The molecule has 1 atom stereocenters. The van der Waals surface area contributed by atoms with Crippen molar-refractivity contribution >= 4 is 40.6 Å². The van der Waals surface area contributed by atoms with Crippen LogP contribution in [0.25, 0.3) is 6.08 Å². The second-order valence-corrected chi connectivity index (χ2v) is 6.23. The molecule has 23 heavy (non-hydrogen) atoms. The quantitative estimate of drug-likeness (QED) is 0.622. The summed E-state index contributed by atoms with van der Waals surface area (Å²) in [6, 6.07) is 6.65. The van der Waals surface area contributed by atoms with Gasteiger partial charge in [-0.05, 0) is 42.5 Å². The Kier molecular flexibility index (Phi) is 5.10. The average Bonchev–Trinajstić information content (AvgIpc) is 2.80. The highest BCUT2D eigenvalue weighted by Crippen LogP contribution is 2.33. The van der Waals surface area contributed by atoms with Crippen LogP contribution in [0.1, 0.15) is 12.5 Å². The summed E-state index contributed by atoms with van der Waals surface area (Å²) >= 11 is 0.824. The minimum atomic E-state index is -0.936. The molecule has 6 nitrogen and oxygen atoms in total. The molecule has 1 aliphatic rings. The normalized spacial score (nSPS) is 17.6. The van der Waals surface area contributed by atoms with Crippen LogP contribution in [0.3, 0.4) is 0 Å². The number of methoxy groups -OCH3 is 1. The number of esters is 1. The van der Waals surface area contributed by atoms with Gasteiger partial charge in [0.2, 0.25) is 0 Å². The third kappa shape index (κ3) is 3.56. The van der Waals surface area contributed by atoms with Gasteiger partial charge in [0, 0.05) is 19.8 Å². The molecule has 2 amide bonds. The molecule has 0 N–H and O–H groups in total. The topological polar surface area (TPSA) is 66.9 Å². The van der Waals surface area contributed by atoms with Crippen LogP contribution < -0.4 is 4.90 Å². The van der Waals surface area contributed by atoms with E-state index in [-0.39, 0.29) is 0 Å². The summed E-state index contributed by atoms with van der Waals surface area (Å²) in [7, 11) is 5.10. The fourth-order valence-electron chi connectivity index (χ4n) is 2.11. The maximum absolute atomic E-state index is 12.4. The number of nitrogens with zero attached hydrogens (tertiary/aromatic N) is 2. The largest absolute Gasteiger partial charge is 0.467 e. The fraction of sp³-hybridized carbons (Fsp3) is 0.312. The van der Waals surface area contributed by atoms with Crippen molar-refractivity contribution in [3.8, 4) is 0 Å². The molecule has 0 bridgehead atoms. The zero-order chi connectivity index (χ0) is 17.1. The van der Waals surface area contributed by atoms with Gasteiger partial charge in [0.05, 0.1) is 12.0 Å². The van der Waals surface area contributed by atoms with Crippen LogP contribution in [0.4, 0.5) is 10.5 Å². The predicted molar refractivity (Wildman–Crippen MR) is 90.1 cm³/mol. The number of hydrogen-bond acceptors (Lipinski definition) is 6. The van der Waals surface area contributed by atoms with Crippen molar-refractivity contribution in [2.75, 3.05) is 26.1 Å². The molecular formula is C16H18N2O4S. The average molecular weight is 334 g/mol. The van der Waals surface area contributed by atoms with E-state index in [9.17, 15) is 14.4 Å². The Labute approximate surface area is 139 Å². The van der Waals surface area contributed by atoms with E-state index in [1.165, 1.54) is 14.0 Å². The number of imide groups is 1. The summed E-state index contributed by atoms with van der Waals surface area (Å²) in [4.78, 5) is 39.1. The van der Waals surface area contributed by atoms with Crippen molar-refractivity contribution in [3.05, 3.63) is 34.7 Å². The van der Waals surface area contributed by atoms with Crippen LogP contribution in [0, 0.1) is 0 Å². The maximum Gasteiger partial charge on any atom is 0.328 e. The van der Waals surface area contributed by atoms with Gasteiger partial charge in [-0.2, -0.15) is 0 Å². The number of thioether (sulfide) groups is 1. The van der Waals surface area contributed by atoms with Gasteiger partial charge < -0.3 is 9.64 Å². The summed E-state index contributed by atoms with van der Waals surface area (Å²) in [6.45, 7) is 1.47. The van der Waals surface area contributed by atoms with Gasteiger partial charge >= 0.3 is 5.97 Å². The van der Waals surface area contributed by atoms with E-state index >= 15 is 0 Å². The first-order valence-electron chi connectivity index (χ1n) is 6.97. The zero-order valence-corrected chi connectivity index (χ0v) is 14.2. The third-order valence-electron chi connectivity index (χ3n) is 3.46. The molecule has 1 unspecified atom stereocenters. The number of rotatable bonds is 4. The maximum atomic E-state index is 12.4. The summed E-state index contributed by atoms with van der Waals surface area (Å²) in [5, 5.41) is -0.468. The van der Waals surface area contributed by atoms with Gasteiger partial charge in [-0.25, -0.2) is 4.79 Å². The Morgan fingerprint density at radius 1 is 1.26 bits per heavy atom. The molecule has 2 rings (SSSR count). The SMILES string of the molecule is COC(=O)C(C)N1C(=O)S/C(=C\c2ccc(N(C)C)cc2)C1=O. The predicted octanol–water partition coefficient (Wildman–Crippen LogP) is 2.35. The first-order chi connectivity index (χ1) is 10.8. The summed E-state index contributed by atoms with van der Waals surface area (Å²) < 4.78 is 4.59. The van der Waals surface area contributed by atoms with Crippen LogP contribution in [0.15, 0.2) is 29.2 Å². The van der Waals surface area contributed by atoms with Crippen LogP contribution >= 0.6 is 11.8 Å². The number of carbonyl (C=O) groups is 3. The van der Waals surface area contributed by atoms with Crippen molar-refractivity contribution in [2.45, 2.75) is 13.0 Å². The second-order valence-electron chi connectivity index (χ2n) is 5.24. The lowest BCUT2D eigenvalue weighted by Crippen LogP contribution is -2.42. The minimum absolute atomic E-state index is 0.295. The van der Waals surface area contributed by atoms with E-state index in [1.54, 1.807) is 6.08 Å². The van der Waals surface area contributed by atoms with E-state index in [0.29, 0.717) is 4.91 Å². The molecule has 1 aromatic carbocycles. The standard InChI is InChI=1S/C16H18N2O4S/c1-10(15(20)22-4)18-14(19)13(23-16(18)21)9-11-5-7-12(8-6-11)17(2)3/h5-10H,1-4H3/b13-9-. The fourth-order valence-corrected chi connectivity index (χ4v) is 3.02. The van der Waals surface area contributed by atoms with Crippen LogP contribution in [0.5, 0.6) is 0 Å². The van der Waals surface area contributed by atoms with Gasteiger partial charge in [0.1, 0.15) is 6.04 Å². The highest BCUT2D eigenvalue weighted by molar-refractivity contribution is 8.18. The third-order valence-corrected chi connectivity index (χ3v) is 4.34. The molecule has 1 aromatic rings. The van der Waals surface area contributed by atoms with E-state index in [2.05, 4.69) is 4.74 Å². The van der Waals surface area contributed by atoms with Gasteiger partial charge in [-0.15, -0.1) is 0 Å². The molecule has 1 aliphatic heterocycles. The number of carbonyl (C=O) groups excluding carboxylic acids is 3. The Morgan fingerprint density at radius 2 is 1.87 bits per heavy atom. The van der Waals surface area contributed by atoms with Gasteiger partial charge in [-0.1, -0.05) is 12.1 Å². The van der Waals surface area contributed by atoms with E-state index < -0.39 is 23.2 Å². The van der Waals surface area contributed by atoms with E-state index in [1.807, 2.05) is 43.3 Å². The van der Waals surface area contributed by atoms with Crippen molar-refractivity contribution in [1.82, 2.24) is 4.90 Å². The van der Waals surface area contributed by atoms with Crippen molar-refractivity contribution in [2.24, 2.45) is 0 Å². The van der Waals surface area contributed by atoms with Crippen LogP contribution in [0.2, 0.25) is 0 Å². The van der Waals surface area contributed by atoms with E-state index in [4.69, 9.17) is 0 Å². The number of amides is 2. The van der Waals surface area contributed by atoms with Crippen molar-refractivity contribution in [1.29, 1.82) is 0 Å². The van der Waals surface area contributed by atoms with Gasteiger partial charge in [0.25, 0.3) is 11.1 Å². The Bertz CT molecular complexity index is 667. The molecule has 0 spiro atoms. The second kappa shape index (κ2) is 6.87. The Balaban J connectivity index is 2.23. The van der Waals surface area contributed by atoms with E-state index in [0.717, 1.165) is 27.9 Å². The lowest BCUT2D eigenvalue weighted by molar-refractivity contribution is -0.148. The molecule has 0 aliphatic carbocycles. The monoisotopic (exact) mass is 334 g/mol. The van der Waals surface area contributed by atoms with Crippen molar-refractivity contribution in [3.63, 3.8) is 0 Å². The minimum Gasteiger partial charge on any atom is -0.467 e. The smallest absolute Gasteiger partial charge is 0.328 e. The number of hydrogen-bond donors (Lipinski definition) is 0. The zero-order valence-electron chi connectivity index (χ0n) is 13.4. The van der Waals surface area contributed by atoms with Crippen LogP contribution in [-0.2, 0) is 14.3 Å². The van der Waals surface area contributed by atoms with Gasteiger partial charge in [-0.3, -0.25) is 14.5 Å². The molecular weight excluding hydrogens is 316 g/mol. The summed E-state index contributed by atoms with van der Waals surface area (Å²) in [5.41, 5.74) is 1.85. The first-order valence-corrected chi connectivity index (χ1v) is 7.79. The summed E-state index contributed by atoms with van der Waals surface area (Å²) in [6.07, 6.45) is 1.65. The molecule has 7 heteroatoms. The summed E-state index contributed by atoms with van der Waals surface area (Å²) in [5.74, 6) is -1.10. The molecule has 0 aromatic heterocycles. The number of benzene rings is 1. The van der Waals surface area contributed by atoms with Crippen molar-refractivity contribution < 1.29 is 19.1 Å². The molecule has 0 radical (unpaired) electrons. The van der Waals surface area contributed by atoms with Crippen LogP contribution in [-0.4, -0.2) is 49.3 Å². The Morgan fingerprint density at radius 3 is 2.39 bits per heavy atom. The molecule has 0 saturated carbocycles. The molecule has 122 valence electrons. The highest BCUT2D eigenvalue weighted by atomic mass is 32.2. The first kappa shape index (κ1) is 17.1.